The van der Waals surface area contributed by atoms with E-state index >= 15 is 0 Å². The number of carbonyl (C=O) groups excluding carboxylic acids is 2. The molecule has 2 atom stereocenters. The number of anilines is 1. The standard InChI is InChI=1S/C26H34Cl3N3O5S/c1-6-17(2)30-26(34)18(3)31(16-20-21(27)9-7-10-22(20)28)25(33)11-8-14-32(38(5,35)36)19-12-13-24(37-4)23(29)15-19/h7,9-10,12-13,15,17-18H,6,8,11,14,16H2,1-5H3,(H,30,34)/t17-,18-/m0/s1. The van der Waals surface area contributed by atoms with Crippen LogP contribution in [0.3, 0.4) is 0 Å². The third kappa shape index (κ3) is 8.66. The largest absolute Gasteiger partial charge is 0.495 e. The van der Waals surface area contributed by atoms with E-state index in [2.05, 4.69) is 5.32 Å². The van der Waals surface area contributed by atoms with Gasteiger partial charge in [0, 0.05) is 41.2 Å². The number of hydrogen-bond acceptors (Lipinski definition) is 5. The van der Waals surface area contributed by atoms with Crippen LogP contribution < -0.4 is 14.4 Å². The Bertz CT molecular complexity index is 1220. The van der Waals surface area contributed by atoms with Crippen molar-refractivity contribution in [1.29, 1.82) is 0 Å². The highest BCUT2D eigenvalue weighted by Gasteiger charge is 2.28. The lowest BCUT2D eigenvalue weighted by molar-refractivity contribution is -0.140. The summed E-state index contributed by atoms with van der Waals surface area (Å²) in [6.07, 6.45) is 2.00. The van der Waals surface area contributed by atoms with Crippen molar-refractivity contribution in [2.24, 2.45) is 0 Å². The van der Waals surface area contributed by atoms with Crippen LogP contribution in [0.1, 0.15) is 45.6 Å². The van der Waals surface area contributed by atoms with Gasteiger partial charge in [0.25, 0.3) is 0 Å². The van der Waals surface area contributed by atoms with Crippen molar-refractivity contribution < 1.29 is 22.7 Å². The number of sulfonamides is 1. The molecule has 0 fully saturated rings. The number of carbonyl (C=O) groups is 2. The number of rotatable bonds is 13. The van der Waals surface area contributed by atoms with Crippen molar-refractivity contribution in [3.63, 3.8) is 0 Å². The molecule has 0 aromatic heterocycles. The quantitative estimate of drug-likeness (QED) is 0.323. The molecule has 0 radical (unpaired) electrons. The molecule has 0 bridgehead atoms. The maximum Gasteiger partial charge on any atom is 0.242 e. The summed E-state index contributed by atoms with van der Waals surface area (Å²) in [6.45, 7) is 5.53. The second-order valence-corrected chi connectivity index (χ2v) is 12.1. The number of nitrogens with zero attached hydrogens (tertiary/aromatic N) is 2. The highest BCUT2D eigenvalue weighted by atomic mass is 35.5. The smallest absolute Gasteiger partial charge is 0.242 e. The van der Waals surface area contributed by atoms with E-state index in [1.807, 2.05) is 13.8 Å². The molecular weight excluding hydrogens is 573 g/mol. The van der Waals surface area contributed by atoms with Gasteiger partial charge in [0.15, 0.2) is 0 Å². The maximum absolute atomic E-state index is 13.4. The molecule has 2 aromatic rings. The van der Waals surface area contributed by atoms with Crippen LogP contribution in [-0.2, 0) is 26.2 Å². The van der Waals surface area contributed by atoms with Crippen LogP contribution in [0.4, 0.5) is 5.69 Å². The third-order valence-electron chi connectivity index (χ3n) is 6.13. The van der Waals surface area contributed by atoms with Gasteiger partial charge in [-0.1, -0.05) is 47.8 Å². The van der Waals surface area contributed by atoms with Gasteiger partial charge in [0.2, 0.25) is 21.8 Å². The van der Waals surface area contributed by atoms with Crippen molar-refractivity contribution in [1.82, 2.24) is 10.2 Å². The lowest BCUT2D eigenvalue weighted by atomic mass is 10.1. The molecule has 0 saturated heterocycles. The Labute approximate surface area is 240 Å². The maximum atomic E-state index is 13.4. The fourth-order valence-electron chi connectivity index (χ4n) is 3.72. The number of hydrogen-bond donors (Lipinski definition) is 1. The first-order chi connectivity index (χ1) is 17.8. The van der Waals surface area contributed by atoms with E-state index in [0.29, 0.717) is 27.0 Å². The fourth-order valence-corrected chi connectivity index (χ4v) is 5.44. The Balaban J connectivity index is 2.25. The van der Waals surface area contributed by atoms with Gasteiger partial charge in [-0.25, -0.2) is 8.42 Å². The van der Waals surface area contributed by atoms with E-state index in [9.17, 15) is 18.0 Å². The molecular formula is C26H34Cl3N3O5S. The zero-order chi connectivity index (χ0) is 28.6. The van der Waals surface area contributed by atoms with Gasteiger partial charge in [-0.15, -0.1) is 0 Å². The topological polar surface area (TPSA) is 96.0 Å². The Morgan fingerprint density at radius 2 is 1.68 bits per heavy atom. The molecule has 2 amide bonds. The van der Waals surface area contributed by atoms with Crippen LogP contribution in [0.25, 0.3) is 0 Å². The van der Waals surface area contributed by atoms with Gasteiger partial charge >= 0.3 is 0 Å². The van der Waals surface area contributed by atoms with Crippen molar-refractivity contribution in [3.05, 3.63) is 57.0 Å². The Hall–Kier alpha value is -2.20. The number of benzene rings is 2. The monoisotopic (exact) mass is 605 g/mol. The third-order valence-corrected chi connectivity index (χ3v) is 8.33. The van der Waals surface area contributed by atoms with Crippen LogP contribution in [-0.4, -0.2) is 57.1 Å². The van der Waals surface area contributed by atoms with Crippen molar-refractivity contribution in [3.8, 4) is 5.75 Å². The first-order valence-corrected chi connectivity index (χ1v) is 15.1. The lowest BCUT2D eigenvalue weighted by Gasteiger charge is -2.30. The summed E-state index contributed by atoms with van der Waals surface area (Å²) in [7, 11) is -2.20. The number of nitrogens with one attached hydrogen (secondary N) is 1. The van der Waals surface area contributed by atoms with Crippen LogP contribution in [0, 0.1) is 0 Å². The molecule has 0 saturated carbocycles. The first kappa shape index (κ1) is 32.0. The number of methoxy groups -OCH3 is 1. The molecule has 0 spiro atoms. The van der Waals surface area contributed by atoms with Crippen molar-refractivity contribution >= 4 is 62.3 Å². The summed E-state index contributed by atoms with van der Waals surface area (Å²) >= 11 is 18.9. The second kappa shape index (κ2) is 14.3. The molecule has 210 valence electrons. The normalized spacial score (nSPS) is 12.9. The van der Waals surface area contributed by atoms with Gasteiger partial charge < -0.3 is 15.0 Å². The van der Waals surface area contributed by atoms with Crippen LogP contribution in [0.5, 0.6) is 5.75 Å². The predicted molar refractivity (Wildman–Crippen MR) is 154 cm³/mol. The van der Waals surface area contributed by atoms with Gasteiger partial charge in [-0.3, -0.25) is 13.9 Å². The molecule has 1 N–H and O–H groups in total. The minimum atomic E-state index is -3.67. The number of amides is 2. The zero-order valence-corrected chi connectivity index (χ0v) is 25.2. The van der Waals surface area contributed by atoms with E-state index in [1.54, 1.807) is 37.3 Å². The summed E-state index contributed by atoms with van der Waals surface area (Å²) in [5.74, 6) is -0.229. The van der Waals surface area contributed by atoms with Crippen LogP contribution in [0.2, 0.25) is 15.1 Å². The van der Waals surface area contributed by atoms with Gasteiger partial charge in [0.1, 0.15) is 11.8 Å². The molecule has 0 aliphatic rings. The molecule has 0 heterocycles. The van der Waals surface area contributed by atoms with Gasteiger partial charge in [-0.05, 0) is 57.0 Å². The first-order valence-electron chi connectivity index (χ1n) is 12.1. The van der Waals surface area contributed by atoms with E-state index in [0.717, 1.165) is 12.7 Å². The molecule has 12 heteroatoms. The SMILES string of the molecule is CC[C@H](C)NC(=O)[C@H](C)N(Cc1c(Cl)cccc1Cl)C(=O)CCCN(c1ccc(OC)c(Cl)c1)S(C)(=O)=O. The summed E-state index contributed by atoms with van der Waals surface area (Å²) in [5.41, 5.74) is 0.879. The summed E-state index contributed by atoms with van der Waals surface area (Å²) in [5, 5.41) is 3.92. The zero-order valence-electron chi connectivity index (χ0n) is 22.1. The average Bonchev–Trinajstić information content (AvgIpc) is 2.85. The number of ether oxygens (including phenoxy) is 1. The highest BCUT2D eigenvalue weighted by molar-refractivity contribution is 7.92. The van der Waals surface area contributed by atoms with Crippen molar-refractivity contribution in [2.45, 2.75) is 58.7 Å². The summed E-state index contributed by atoms with van der Waals surface area (Å²) in [4.78, 5) is 27.8. The van der Waals surface area contributed by atoms with Crippen LogP contribution >= 0.6 is 34.8 Å². The Morgan fingerprint density at radius 1 is 1.05 bits per heavy atom. The Kier molecular flexibility index (Phi) is 12.0. The fraction of sp³-hybridized carbons (Fsp3) is 0.462. The van der Waals surface area contributed by atoms with E-state index in [1.165, 1.54) is 22.4 Å². The molecule has 0 aliphatic carbocycles. The molecule has 8 nitrogen and oxygen atoms in total. The molecule has 38 heavy (non-hydrogen) atoms. The van der Waals surface area contributed by atoms with Crippen LogP contribution in [0.15, 0.2) is 36.4 Å². The average molecular weight is 607 g/mol. The van der Waals surface area contributed by atoms with E-state index in [-0.39, 0.29) is 48.8 Å². The molecule has 2 rings (SSSR count). The minimum Gasteiger partial charge on any atom is -0.495 e. The Morgan fingerprint density at radius 3 is 2.21 bits per heavy atom. The summed E-state index contributed by atoms with van der Waals surface area (Å²) in [6, 6.07) is 8.81. The molecule has 2 aromatic carbocycles. The summed E-state index contributed by atoms with van der Waals surface area (Å²) < 4.78 is 31.4. The molecule has 0 aliphatic heterocycles. The van der Waals surface area contributed by atoms with Gasteiger partial charge in [-0.2, -0.15) is 0 Å². The van der Waals surface area contributed by atoms with Crippen molar-refractivity contribution in [2.75, 3.05) is 24.2 Å². The molecule has 0 unspecified atom stereocenters. The lowest BCUT2D eigenvalue weighted by Crippen LogP contribution is -2.49. The minimum absolute atomic E-state index is 0.0150. The van der Waals surface area contributed by atoms with Gasteiger partial charge in [0.05, 0.1) is 24.1 Å². The van der Waals surface area contributed by atoms with E-state index in [4.69, 9.17) is 39.5 Å². The second-order valence-electron chi connectivity index (χ2n) is 8.97. The predicted octanol–water partition coefficient (Wildman–Crippen LogP) is 5.53. The highest BCUT2D eigenvalue weighted by Crippen LogP contribution is 2.31. The van der Waals surface area contributed by atoms with E-state index < -0.39 is 16.1 Å². The number of halogens is 3.